The van der Waals surface area contributed by atoms with E-state index < -0.39 is 0 Å². The lowest BCUT2D eigenvalue weighted by Crippen LogP contribution is -2.40. The van der Waals surface area contributed by atoms with Gasteiger partial charge >= 0.3 is 0 Å². The number of nitrogens with two attached hydrogens (primary N) is 1. The van der Waals surface area contributed by atoms with Gasteiger partial charge in [0, 0.05) is 41.5 Å². The van der Waals surface area contributed by atoms with Crippen LogP contribution in [-0.2, 0) is 0 Å². The van der Waals surface area contributed by atoms with Crippen molar-refractivity contribution in [2.24, 2.45) is 0 Å². The van der Waals surface area contributed by atoms with E-state index in [1.807, 2.05) is 30.9 Å². The van der Waals surface area contributed by atoms with Gasteiger partial charge in [-0.2, -0.15) is 11.8 Å². The maximum Gasteiger partial charge on any atom is 0.130 e. The summed E-state index contributed by atoms with van der Waals surface area (Å²) >= 11 is 2.05. The minimum absolute atomic E-state index is 0.660. The van der Waals surface area contributed by atoms with E-state index in [4.69, 9.17) is 5.73 Å². The number of anilines is 2. The van der Waals surface area contributed by atoms with Crippen molar-refractivity contribution in [1.82, 2.24) is 4.98 Å². The molecule has 0 saturated carbocycles. The van der Waals surface area contributed by atoms with Crippen molar-refractivity contribution in [2.45, 2.75) is 31.3 Å². The van der Waals surface area contributed by atoms with Crippen LogP contribution in [0.5, 0.6) is 0 Å². The maximum atomic E-state index is 5.92. The lowest BCUT2D eigenvalue weighted by atomic mass is 10.2. The monoisotopic (exact) mass is 237 g/mol. The predicted octanol–water partition coefficient (Wildman–Crippen LogP) is 2.30. The van der Waals surface area contributed by atoms with E-state index in [0.717, 1.165) is 30.2 Å². The number of nitrogen functional groups attached to an aromatic ring is 1. The molecule has 2 rings (SSSR count). The van der Waals surface area contributed by atoms with E-state index in [1.54, 1.807) is 0 Å². The molecule has 1 aromatic heterocycles. The molecule has 4 heteroatoms. The minimum atomic E-state index is 0.660. The summed E-state index contributed by atoms with van der Waals surface area (Å²) in [5.74, 6) is 1.02. The fourth-order valence-electron chi connectivity index (χ4n) is 2.07. The number of rotatable bonds is 1. The summed E-state index contributed by atoms with van der Waals surface area (Å²) in [6, 6.07) is 1.99. The molecule has 1 aliphatic heterocycles. The van der Waals surface area contributed by atoms with E-state index in [-0.39, 0.29) is 0 Å². The van der Waals surface area contributed by atoms with E-state index >= 15 is 0 Å². The van der Waals surface area contributed by atoms with Crippen molar-refractivity contribution in [1.29, 1.82) is 0 Å². The van der Waals surface area contributed by atoms with Gasteiger partial charge in [-0.3, -0.25) is 0 Å². The Balaban J connectivity index is 2.19. The van der Waals surface area contributed by atoms with Crippen molar-refractivity contribution in [3.63, 3.8) is 0 Å². The number of pyridine rings is 1. The zero-order valence-corrected chi connectivity index (χ0v) is 10.9. The first-order valence-corrected chi connectivity index (χ1v) is 6.63. The summed E-state index contributed by atoms with van der Waals surface area (Å²) in [5, 5.41) is 1.32. The van der Waals surface area contributed by atoms with Gasteiger partial charge in [-0.25, -0.2) is 4.98 Å². The van der Waals surface area contributed by atoms with Crippen molar-refractivity contribution in [2.75, 3.05) is 23.7 Å². The smallest absolute Gasteiger partial charge is 0.130 e. The molecule has 0 radical (unpaired) electrons. The van der Waals surface area contributed by atoms with Crippen LogP contribution in [0.25, 0.3) is 0 Å². The second kappa shape index (κ2) is 4.53. The van der Waals surface area contributed by atoms with Crippen molar-refractivity contribution in [3.05, 3.63) is 17.8 Å². The predicted molar refractivity (Wildman–Crippen MR) is 72.1 cm³/mol. The van der Waals surface area contributed by atoms with E-state index in [0.29, 0.717) is 10.5 Å². The first kappa shape index (κ1) is 11.6. The summed E-state index contributed by atoms with van der Waals surface area (Å²) in [6.45, 7) is 8.65. The molecule has 0 bridgehead atoms. The molecule has 3 nitrogen and oxygen atoms in total. The highest BCUT2D eigenvalue weighted by Gasteiger charge is 2.23. The molecule has 1 aromatic rings. The minimum Gasteiger partial charge on any atom is -0.398 e. The molecule has 2 unspecified atom stereocenters. The molecule has 1 fully saturated rings. The molecule has 1 saturated heterocycles. The second-order valence-electron chi connectivity index (χ2n) is 4.56. The van der Waals surface area contributed by atoms with Crippen LogP contribution in [0.3, 0.4) is 0 Å². The zero-order chi connectivity index (χ0) is 11.7. The highest BCUT2D eigenvalue weighted by Crippen LogP contribution is 2.28. The molecule has 16 heavy (non-hydrogen) atoms. The van der Waals surface area contributed by atoms with Gasteiger partial charge in [0.15, 0.2) is 0 Å². The summed E-state index contributed by atoms with van der Waals surface area (Å²) in [4.78, 5) is 6.80. The molecule has 0 aliphatic carbocycles. The lowest BCUT2D eigenvalue weighted by Gasteiger charge is -2.35. The number of aryl methyl sites for hydroxylation is 1. The number of hydrogen-bond donors (Lipinski definition) is 1. The SMILES string of the molecule is Cc1cnc(N2CC(C)SC(C)C2)cc1N. The fourth-order valence-corrected chi connectivity index (χ4v) is 3.39. The standard InChI is InChI=1S/C12H19N3S/c1-8-5-14-12(4-11(8)13)15-6-9(2)16-10(3)7-15/h4-5,9-10H,6-7H2,1-3H3,(H2,13,14). The molecule has 88 valence electrons. The average molecular weight is 237 g/mol. The zero-order valence-electron chi connectivity index (χ0n) is 10.1. The second-order valence-corrected chi connectivity index (χ2v) is 6.44. The Morgan fingerprint density at radius 3 is 2.56 bits per heavy atom. The topological polar surface area (TPSA) is 42.2 Å². The van der Waals surface area contributed by atoms with E-state index in [1.165, 1.54) is 0 Å². The van der Waals surface area contributed by atoms with Gasteiger partial charge < -0.3 is 10.6 Å². The number of hydrogen-bond acceptors (Lipinski definition) is 4. The first-order chi connectivity index (χ1) is 7.56. The Labute approximate surface area is 101 Å². The van der Waals surface area contributed by atoms with Gasteiger partial charge in [0.25, 0.3) is 0 Å². The summed E-state index contributed by atoms with van der Waals surface area (Å²) in [7, 11) is 0. The molecular formula is C12H19N3S. The number of nitrogens with zero attached hydrogens (tertiary/aromatic N) is 2. The Morgan fingerprint density at radius 2 is 2.00 bits per heavy atom. The highest BCUT2D eigenvalue weighted by molar-refractivity contribution is 8.00. The Morgan fingerprint density at radius 1 is 1.38 bits per heavy atom. The largest absolute Gasteiger partial charge is 0.398 e. The van der Waals surface area contributed by atoms with E-state index in [9.17, 15) is 0 Å². The summed E-state index contributed by atoms with van der Waals surface area (Å²) in [5.41, 5.74) is 7.81. The van der Waals surface area contributed by atoms with Gasteiger partial charge in [0.2, 0.25) is 0 Å². The molecule has 0 spiro atoms. The van der Waals surface area contributed by atoms with Crippen LogP contribution in [-0.4, -0.2) is 28.6 Å². The fraction of sp³-hybridized carbons (Fsp3) is 0.583. The van der Waals surface area contributed by atoms with Gasteiger partial charge in [0.1, 0.15) is 5.82 Å². The van der Waals surface area contributed by atoms with Crippen molar-refractivity contribution < 1.29 is 0 Å². The molecular weight excluding hydrogens is 218 g/mol. The third-order valence-electron chi connectivity index (χ3n) is 2.87. The van der Waals surface area contributed by atoms with Gasteiger partial charge in [-0.15, -0.1) is 0 Å². The molecule has 0 aromatic carbocycles. The Kier molecular flexibility index (Phi) is 3.28. The van der Waals surface area contributed by atoms with Gasteiger partial charge in [-0.05, 0) is 12.5 Å². The van der Waals surface area contributed by atoms with Gasteiger partial charge in [-0.1, -0.05) is 13.8 Å². The molecule has 2 N–H and O–H groups in total. The van der Waals surface area contributed by atoms with Crippen LogP contribution < -0.4 is 10.6 Å². The third-order valence-corrected chi connectivity index (χ3v) is 4.10. The number of aromatic nitrogens is 1. The normalized spacial score (nSPS) is 25.8. The van der Waals surface area contributed by atoms with Crippen LogP contribution in [0.2, 0.25) is 0 Å². The van der Waals surface area contributed by atoms with Crippen LogP contribution in [0.1, 0.15) is 19.4 Å². The third kappa shape index (κ3) is 2.43. The van der Waals surface area contributed by atoms with Crippen molar-refractivity contribution >= 4 is 23.3 Å². The summed E-state index contributed by atoms with van der Waals surface area (Å²) < 4.78 is 0. The van der Waals surface area contributed by atoms with Crippen LogP contribution >= 0.6 is 11.8 Å². The lowest BCUT2D eigenvalue weighted by molar-refractivity contribution is 0.718. The molecule has 0 amide bonds. The quantitative estimate of drug-likeness (QED) is 0.814. The van der Waals surface area contributed by atoms with Crippen molar-refractivity contribution in [3.8, 4) is 0 Å². The summed E-state index contributed by atoms with van der Waals surface area (Å²) in [6.07, 6.45) is 1.86. The number of thioether (sulfide) groups is 1. The Bertz CT molecular complexity index is 371. The van der Waals surface area contributed by atoms with Crippen LogP contribution in [0.15, 0.2) is 12.3 Å². The first-order valence-electron chi connectivity index (χ1n) is 5.69. The van der Waals surface area contributed by atoms with Crippen LogP contribution in [0.4, 0.5) is 11.5 Å². The van der Waals surface area contributed by atoms with Gasteiger partial charge in [0.05, 0.1) is 0 Å². The van der Waals surface area contributed by atoms with E-state index in [2.05, 4.69) is 23.7 Å². The maximum absolute atomic E-state index is 5.92. The van der Waals surface area contributed by atoms with Crippen LogP contribution in [0, 0.1) is 6.92 Å². The molecule has 1 aliphatic rings. The molecule has 2 atom stereocenters. The highest BCUT2D eigenvalue weighted by atomic mass is 32.2. The Hall–Kier alpha value is -0.900. The molecule has 2 heterocycles. The average Bonchev–Trinajstić information content (AvgIpc) is 2.20.